The molecule has 1 fully saturated rings. The maximum atomic E-state index is 6.11. The van der Waals surface area contributed by atoms with Crippen LogP contribution in [0.15, 0.2) is 34.7 Å². The minimum Gasteiger partial charge on any atom is -0.493 e. The molecule has 1 aromatic heterocycles. The molecule has 5 heteroatoms. The minimum atomic E-state index is 0.128. The molecule has 0 N–H and O–H groups in total. The van der Waals surface area contributed by atoms with Gasteiger partial charge in [-0.05, 0) is 43.9 Å². The van der Waals surface area contributed by atoms with Gasteiger partial charge in [0.05, 0.1) is 20.3 Å². The lowest BCUT2D eigenvalue weighted by Gasteiger charge is -2.26. The summed E-state index contributed by atoms with van der Waals surface area (Å²) in [5, 5.41) is 0. The Bertz CT molecular complexity index is 721. The Morgan fingerprint density at radius 3 is 2.92 bits per heavy atom. The molecule has 5 nitrogen and oxygen atoms in total. The third-order valence-corrected chi connectivity index (χ3v) is 5.10. The molecule has 1 unspecified atom stereocenters. The minimum absolute atomic E-state index is 0.128. The molecule has 2 aliphatic rings. The Balaban J connectivity index is 1.47. The molecule has 0 spiro atoms. The van der Waals surface area contributed by atoms with Crippen LogP contribution in [0, 0.1) is 0 Å². The highest BCUT2D eigenvalue weighted by Gasteiger charge is 2.21. The molecule has 0 aliphatic carbocycles. The Kier molecular flexibility index (Phi) is 5.46. The first-order valence-electron chi connectivity index (χ1n) is 9.55. The number of para-hydroxylation sites is 1. The molecule has 2 aliphatic heterocycles. The Hall–Kier alpha value is -1.98. The molecule has 0 bridgehead atoms. The Morgan fingerprint density at radius 1 is 1.12 bits per heavy atom. The van der Waals surface area contributed by atoms with Gasteiger partial charge in [0.15, 0.2) is 11.5 Å². The summed E-state index contributed by atoms with van der Waals surface area (Å²) in [5.41, 5.74) is 1.16. The molecule has 1 saturated heterocycles. The summed E-state index contributed by atoms with van der Waals surface area (Å²) >= 11 is 0. The monoisotopic (exact) mass is 357 g/mol. The Labute approximate surface area is 154 Å². The van der Waals surface area contributed by atoms with Gasteiger partial charge in [-0.3, -0.25) is 4.90 Å². The first-order valence-corrected chi connectivity index (χ1v) is 9.55. The number of hydrogen-bond acceptors (Lipinski definition) is 5. The van der Waals surface area contributed by atoms with Gasteiger partial charge in [-0.1, -0.05) is 12.1 Å². The van der Waals surface area contributed by atoms with Crippen LogP contribution in [0.1, 0.15) is 48.9 Å². The van der Waals surface area contributed by atoms with Crippen LogP contribution >= 0.6 is 0 Å². The van der Waals surface area contributed by atoms with Crippen LogP contribution in [-0.2, 0) is 17.8 Å². The lowest BCUT2D eigenvalue weighted by molar-refractivity contribution is 0.000784. The summed E-state index contributed by atoms with van der Waals surface area (Å²) in [6.07, 6.45) is 4.54. The first kappa shape index (κ1) is 17.4. The van der Waals surface area contributed by atoms with Crippen molar-refractivity contribution in [1.82, 2.24) is 4.90 Å². The molecule has 3 heterocycles. The normalized spacial score (nSPS) is 21.3. The number of ether oxygens (including phenoxy) is 3. The predicted octanol–water partition coefficient (Wildman–Crippen LogP) is 4.31. The fourth-order valence-corrected chi connectivity index (χ4v) is 3.77. The van der Waals surface area contributed by atoms with E-state index >= 15 is 0 Å². The van der Waals surface area contributed by atoms with E-state index in [2.05, 4.69) is 23.1 Å². The first-order chi connectivity index (χ1) is 12.8. The quantitative estimate of drug-likeness (QED) is 0.816. The van der Waals surface area contributed by atoms with Gasteiger partial charge in [0.2, 0.25) is 0 Å². The zero-order valence-electron chi connectivity index (χ0n) is 15.4. The van der Waals surface area contributed by atoms with Crippen molar-refractivity contribution in [1.29, 1.82) is 0 Å². The third kappa shape index (κ3) is 3.89. The van der Waals surface area contributed by atoms with Crippen LogP contribution in [0.25, 0.3) is 0 Å². The standard InChI is InChI=1S/C21H27NO4/c1-23-20-8-4-6-16-14-22(11-5-13-25-21(16)20)15-17-9-10-19(26-17)18-7-2-3-12-24-18/h4,6,8-10,18H,2-3,5,7,11-15H2,1H3. The van der Waals surface area contributed by atoms with Crippen LogP contribution in [0.5, 0.6) is 11.5 Å². The van der Waals surface area contributed by atoms with Crippen molar-refractivity contribution in [3.8, 4) is 11.5 Å². The number of fused-ring (bicyclic) bond motifs is 1. The highest BCUT2D eigenvalue weighted by molar-refractivity contribution is 5.46. The van der Waals surface area contributed by atoms with Crippen molar-refractivity contribution >= 4 is 0 Å². The average molecular weight is 357 g/mol. The van der Waals surface area contributed by atoms with Gasteiger partial charge in [0, 0.05) is 25.3 Å². The maximum Gasteiger partial charge on any atom is 0.165 e. The topological polar surface area (TPSA) is 44.1 Å². The summed E-state index contributed by atoms with van der Waals surface area (Å²) in [6, 6.07) is 10.3. The second-order valence-corrected chi connectivity index (χ2v) is 7.02. The van der Waals surface area contributed by atoms with Gasteiger partial charge in [0.25, 0.3) is 0 Å². The van der Waals surface area contributed by atoms with Gasteiger partial charge in [0.1, 0.15) is 17.6 Å². The summed E-state index contributed by atoms with van der Waals surface area (Å²) in [5.74, 6) is 3.65. The Morgan fingerprint density at radius 2 is 2.08 bits per heavy atom. The SMILES string of the molecule is COc1cccc2c1OCCCN(Cc1ccc(C3CCCCO3)o1)C2. The van der Waals surface area contributed by atoms with Crippen molar-refractivity contribution < 1.29 is 18.6 Å². The smallest absolute Gasteiger partial charge is 0.165 e. The summed E-state index contributed by atoms with van der Waals surface area (Å²) in [7, 11) is 1.69. The molecule has 0 radical (unpaired) electrons. The molecule has 0 amide bonds. The van der Waals surface area contributed by atoms with E-state index in [1.54, 1.807) is 7.11 Å². The molecular formula is C21H27NO4. The fourth-order valence-electron chi connectivity index (χ4n) is 3.77. The van der Waals surface area contributed by atoms with Crippen molar-refractivity contribution in [2.45, 2.75) is 44.9 Å². The molecule has 2 aromatic rings. The van der Waals surface area contributed by atoms with Crippen LogP contribution in [0.3, 0.4) is 0 Å². The van der Waals surface area contributed by atoms with E-state index in [1.807, 2.05) is 12.1 Å². The van der Waals surface area contributed by atoms with E-state index in [-0.39, 0.29) is 6.10 Å². The summed E-state index contributed by atoms with van der Waals surface area (Å²) < 4.78 is 23.3. The molecular weight excluding hydrogens is 330 g/mol. The molecule has 4 rings (SSSR count). The number of nitrogens with zero attached hydrogens (tertiary/aromatic N) is 1. The van der Waals surface area contributed by atoms with Gasteiger partial charge in [-0.2, -0.15) is 0 Å². The van der Waals surface area contributed by atoms with E-state index in [0.717, 1.165) is 74.1 Å². The van der Waals surface area contributed by atoms with Gasteiger partial charge >= 0.3 is 0 Å². The second kappa shape index (κ2) is 8.14. The lowest BCUT2D eigenvalue weighted by atomic mass is 10.1. The molecule has 140 valence electrons. The van der Waals surface area contributed by atoms with E-state index in [4.69, 9.17) is 18.6 Å². The van der Waals surface area contributed by atoms with E-state index < -0.39 is 0 Å². The second-order valence-electron chi connectivity index (χ2n) is 7.02. The van der Waals surface area contributed by atoms with E-state index in [9.17, 15) is 0 Å². The fraction of sp³-hybridized carbons (Fsp3) is 0.524. The lowest BCUT2D eigenvalue weighted by Crippen LogP contribution is -2.27. The van der Waals surface area contributed by atoms with Crippen LogP contribution in [0.2, 0.25) is 0 Å². The predicted molar refractivity (Wildman–Crippen MR) is 98.5 cm³/mol. The van der Waals surface area contributed by atoms with E-state index in [1.165, 1.54) is 6.42 Å². The highest BCUT2D eigenvalue weighted by Crippen LogP contribution is 2.34. The number of methoxy groups -OCH3 is 1. The van der Waals surface area contributed by atoms with Gasteiger partial charge in [-0.25, -0.2) is 0 Å². The van der Waals surface area contributed by atoms with Crippen molar-refractivity contribution in [3.05, 3.63) is 47.4 Å². The maximum absolute atomic E-state index is 6.11. The number of benzene rings is 1. The summed E-state index contributed by atoms with van der Waals surface area (Å²) in [6.45, 7) is 4.13. The zero-order chi connectivity index (χ0) is 17.8. The third-order valence-electron chi connectivity index (χ3n) is 5.10. The van der Waals surface area contributed by atoms with E-state index in [0.29, 0.717) is 6.61 Å². The number of rotatable bonds is 4. The zero-order valence-corrected chi connectivity index (χ0v) is 15.4. The number of hydrogen-bond donors (Lipinski definition) is 0. The van der Waals surface area contributed by atoms with Crippen LogP contribution in [0.4, 0.5) is 0 Å². The highest BCUT2D eigenvalue weighted by atomic mass is 16.5. The van der Waals surface area contributed by atoms with Crippen molar-refractivity contribution in [2.75, 3.05) is 26.9 Å². The largest absolute Gasteiger partial charge is 0.493 e. The molecule has 26 heavy (non-hydrogen) atoms. The van der Waals surface area contributed by atoms with Gasteiger partial charge < -0.3 is 18.6 Å². The summed E-state index contributed by atoms with van der Waals surface area (Å²) in [4.78, 5) is 2.41. The number of furan rings is 1. The molecule has 0 saturated carbocycles. The molecule has 1 aromatic carbocycles. The van der Waals surface area contributed by atoms with Crippen LogP contribution < -0.4 is 9.47 Å². The van der Waals surface area contributed by atoms with Crippen LogP contribution in [-0.4, -0.2) is 31.8 Å². The van der Waals surface area contributed by atoms with Crippen molar-refractivity contribution in [3.63, 3.8) is 0 Å². The van der Waals surface area contributed by atoms with Crippen molar-refractivity contribution in [2.24, 2.45) is 0 Å². The van der Waals surface area contributed by atoms with Gasteiger partial charge in [-0.15, -0.1) is 0 Å². The molecule has 1 atom stereocenters. The average Bonchev–Trinajstić information content (AvgIpc) is 3.13.